The predicted octanol–water partition coefficient (Wildman–Crippen LogP) is 4.99. The van der Waals surface area contributed by atoms with Gasteiger partial charge in [0.15, 0.2) is 0 Å². The molecule has 0 spiro atoms. The van der Waals surface area contributed by atoms with E-state index in [9.17, 15) is 13.2 Å². The van der Waals surface area contributed by atoms with Crippen LogP contribution in [0.5, 0.6) is 0 Å². The van der Waals surface area contributed by atoms with Crippen LogP contribution in [0.2, 0.25) is 0 Å². The smallest absolute Gasteiger partial charge is 0.305 e. The van der Waals surface area contributed by atoms with Crippen molar-refractivity contribution in [2.75, 3.05) is 19.5 Å². The van der Waals surface area contributed by atoms with E-state index >= 15 is 0 Å². The lowest BCUT2D eigenvalue weighted by molar-refractivity contribution is -0.143. The maximum Gasteiger partial charge on any atom is 0.305 e. The van der Waals surface area contributed by atoms with Crippen LogP contribution in [0.15, 0.2) is 0 Å². The fourth-order valence-corrected chi connectivity index (χ4v) is 3.03. The van der Waals surface area contributed by atoms with Crippen molar-refractivity contribution in [3.63, 3.8) is 0 Å². The van der Waals surface area contributed by atoms with Crippen LogP contribution < -0.4 is 0 Å². The third kappa shape index (κ3) is 21.3. The third-order valence-corrected chi connectivity index (χ3v) is 4.68. The van der Waals surface area contributed by atoms with Gasteiger partial charge in [-0.05, 0) is 19.3 Å². The number of esters is 1. The lowest BCUT2D eigenvalue weighted by Crippen LogP contribution is -2.05. The summed E-state index contributed by atoms with van der Waals surface area (Å²) in [5, 5.41) is 0. The summed E-state index contributed by atoms with van der Waals surface area (Å²) in [6.07, 6.45) is 15.9. The molecule has 0 aliphatic rings. The number of carbonyl (C=O) groups excluding carboxylic acids is 1. The van der Waals surface area contributed by atoms with E-state index in [0.717, 1.165) is 57.6 Å². The molecule has 0 unspecified atom stereocenters. The molecule has 0 aliphatic heterocycles. The second kappa shape index (κ2) is 16.8. The molecular weight excluding hydrogens is 340 g/mol. The standard InChI is InChI=1S/C19H38O5S/c1-3-4-5-6-7-10-13-16-19(20)23-17-14-11-8-9-12-15-18-24-25(2,21)22/h3-18H2,1-2H3. The van der Waals surface area contributed by atoms with Gasteiger partial charge in [-0.25, -0.2) is 0 Å². The van der Waals surface area contributed by atoms with E-state index in [1.165, 1.54) is 32.1 Å². The Hall–Kier alpha value is -0.620. The maximum absolute atomic E-state index is 11.6. The lowest BCUT2D eigenvalue weighted by Gasteiger charge is -2.05. The molecule has 25 heavy (non-hydrogen) atoms. The molecule has 0 N–H and O–H groups in total. The summed E-state index contributed by atoms with van der Waals surface area (Å²) in [5.41, 5.74) is 0. The Morgan fingerprint density at radius 3 is 1.76 bits per heavy atom. The number of ether oxygens (including phenoxy) is 1. The molecule has 0 aromatic rings. The number of hydrogen-bond donors (Lipinski definition) is 0. The molecular formula is C19H38O5S. The Bertz CT molecular complexity index is 406. The third-order valence-electron chi connectivity index (χ3n) is 4.08. The van der Waals surface area contributed by atoms with Crippen LogP contribution in [0.3, 0.4) is 0 Å². The zero-order valence-electron chi connectivity index (χ0n) is 16.3. The van der Waals surface area contributed by atoms with E-state index in [0.29, 0.717) is 13.0 Å². The minimum atomic E-state index is -3.30. The van der Waals surface area contributed by atoms with Crippen molar-refractivity contribution in [2.24, 2.45) is 0 Å². The van der Waals surface area contributed by atoms with Gasteiger partial charge in [-0.1, -0.05) is 71.1 Å². The average molecular weight is 379 g/mol. The largest absolute Gasteiger partial charge is 0.466 e. The molecule has 0 radical (unpaired) electrons. The first-order valence-corrected chi connectivity index (χ1v) is 11.8. The summed E-state index contributed by atoms with van der Waals surface area (Å²) in [6.45, 7) is 3.01. The maximum atomic E-state index is 11.6. The summed E-state index contributed by atoms with van der Waals surface area (Å²) >= 11 is 0. The molecule has 0 heterocycles. The first-order chi connectivity index (χ1) is 12.0. The molecule has 6 heteroatoms. The summed E-state index contributed by atoms with van der Waals surface area (Å²) in [7, 11) is -3.30. The zero-order chi connectivity index (χ0) is 18.8. The minimum absolute atomic E-state index is 0.0634. The molecule has 5 nitrogen and oxygen atoms in total. The number of rotatable bonds is 18. The van der Waals surface area contributed by atoms with Crippen molar-refractivity contribution in [3.8, 4) is 0 Å². The Morgan fingerprint density at radius 1 is 0.720 bits per heavy atom. The van der Waals surface area contributed by atoms with Gasteiger partial charge in [0.2, 0.25) is 0 Å². The molecule has 0 fully saturated rings. The zero-order valence-corrected chi connectivity index (χ0v) is 17.1. The van der Waals surface area contributed by atoms with Gasteiger partial charge in [0.1, 0.15) is 0 Å². The van der Waals surface area contributed by atoms with Gasteiger partial charge in [0.05, 0.1) is 19.5 Å². The SMILES string of the molecule is CCCCCCCCCC(=O)OCCCCCCCCOS(C)(=O)=O. The van der Waals surface area contributed by atoms with Crippen LogP contribution in [-0.4, -0.2) is 33.9 Å². The highest BCUT2D eigenvalue weighted by atomic mass is 32.2. The summed E-state index contributed by atoms with van der Waals surface area (Å²) < 4.78 is 31.5. The Kier molecular flexibility index (Phi) is 16.4. The monoisotopic (exact) mass is 378 g/mol. The first-order valence-electron chi connectivity index (χ1n) is 9.95. The fraction of sp³-hybridized carbons (Fsp3) is 0.947. The van der Waals surface area contributed by atoms with Gasteiger partial charge < -0.3 is 4.74 Å². The Morgan fingerprint density at radius 2 is 1.20 bits per heavy atom. The summed E-state index contributed by atoms with van der Waals surface area (Å²) in [5.74, 6) is -0.0634. The molecule has 0 rings (SSSR count). The van der Waals surface area contributed by atoms with Gasteiger partial charge in [0, 0.05) is 6.42 Å². The molecule has 0 aromatic heterocycles. The van der Waals surface area contributed by atoms with Gasteiger partial charge >= 0.3 is 5.97 Å². The molecule has 0 aromatic carbocycles. The average Bonchev–Trinajstić information content (AvgIpc) is 2.54. The van der Waals surface area contributed by atoms with Gasteiger partial charge in [-0.3, -0.25) is 8.98 Å². The topological polar surface area (TPSA) is 69.7 Å². The summed E-state index contributed by atoms with van der Waals surface area (Å²) in [4.78, 5) is 11.6. The second-order valence-electron chi connectivity index (χ2n) is 6.74. The number of hydrogen-bond acceptors (Lipinski definition) is 5. The lowest BCUT2D eigenvalue weighted by atomic mass is 10.1. The molecule has 0 atom stereocenters. The predicted molar refractivity (Wildman–Crippen MR) is 102 cm³/mol. The fourth-order valence-electron chi connectivity index (χ4n) is 2.61. The van der Waals surface area contributed by atoms with Crippen LogP contribution in [0, 0.1) is 0 Å². The van der Waals surface area contributed by atoms with Crippen molar-refractivity contribution in [1.82, 2.24) is 0 Å². The van der Waals surface area contributed by atoms with Crippen molar-refractivity contribution in [3.05, 3.63) is 0 Å². The molecule has 150 valence electrons. The molecule has 0 saturated heterocycles. The molecule has 0 amide bonds. The summed E-state index contributed by atoms with van der Waals surface area (Å²) in [6, 6.07) is 0. The number of unbranched alkanes of at least 4 members (excludes halogenated alkanes) is 11. The van der Waals surface area contributed by atoms with Crippen LogP contribution in [0.4, 0.5) is 0 Å². The molecule has 0 saturated carbocycles. The van der Waals surface area contributed by atoms with Crippen LogP contribution >= 0.6 is 0 Å². The van der Waals surface area contributed by atoms with E-state index in [1.54, 1.807) is 0 Å². The van der Waals surface area contributed by atoms with Gasteiger partial charge in [0.25, 0.3) is 10.1 Å². The Balaban J connectivity index is 3.22. The van der Waals surface area contributed by atoms with Crippen LogP contribution in [-0.2, 0) is 23.8 Å². The van der Waals surface area contributed by atoms with Crippen molar-refractivity contribution in [2.45, 2.75) is 96.8 Å². The number of carbonyl (C=O) groups is 1. The van der Waals surface area contributed by atoms with Crippen LogP contribution in [0.1, 0.15) is 96.8 Å². The first kappa shape index (κ1) is 24.4. The minimum Gasteiger partial charge on any atom is -0.466 e. The van der Waals surface area contributed by atoms with E-state index in [-0.39, 0.29) is 12.6 Å². The van der Waals surface area contributed by atoms with Crippen LogP contribution in [0.25, 0.3) is 0 Å². The van der Waals surface area contributed by atoms with E-state index < -0.39 is 10.1 Å². The second-order valence-corrected chi connectivity index (χ2v) is 8.38. The van der Waals surface area contributed by atoms with E-state index in [4.69, 9.17) is 4.74 Å². The van der Waals surface area contributed by atoms with Crippen molar-refractivity contribution in [1.29, 1.82) is 0 Å². The quantitative estimate of drug-likeness (QED) is 0.191. The van der Waals surface area contributed by atoms with Gasteiger partial charge in [-0.15, -0.1) is 0 Å². The normalized spacial score (nSPS) is 11.6. The highest BCUT2D eigenvalue weighted by Crippen LogP contribution is 2.10. The van der Waals surface area contributed by atoms with Crippen molar-refractivity contribution < 1.29 is 22.1 Å². The highest BCUT2D eigenvalue weighted by Gasteiger charge is 2.03. The van der Waals surface area contributed by atoms with Gasteiger partial charge in [-0.2, -0.15) is 8.42 Å². The highest BCUT2D eigenvalue weighted by molar-refractivity contribution is 7.85. The van der Waals surface area contributed by atoms with Crippen molar-refractivity contribution >= 4 is 16.1 Å². The molecule has 0 bridgehead atoms. The van der Waals surface area contributed by atoms with E-state index in [2.05, 4.69) is 11.1 Å². The van der Waals surface area contributed by atoms with E-state index in [1.807, 2.05) is 0 Å². The molecule has 0 aliphatic carbocycles. The Labute approximate surface area is 155 Å².